The Morgan fingerprint density at radius 1 is 1.32 bits per heavy atom. The van der Waals surface area contributed by atoms with Crippen LogP contribution in [0.5, 0.6) is 0 Å². The van der Waals surface area contributed by atoms with Crippen LogP contribution in [0.2, 0.25) is 5.02 Å². The zero-order valence-corrected chi connectivity index (χ0v) is 14.7. The lowest BCUT2D eigenvalue weighted by Gasteiger charge is -2.41. The summed E-state index contributed by atoms with van der Waals surface area (Å²) >= 11 is 6.32. The molecule has 0 saturated carbocycles. The quantitative estimate of drug-likeness (QED) is 0.638. The number of carbonyl (C=O) groups excluding carboxylic acids is 1. The van der Waals surface area contributed by atoms with Gasteiger partial charge in [0.25, 0.3) is 11.6 Å². The third-order valence-corrected chi connectivity index (χ3v) is 4.86. The zero-order chi connectivity index (χ0) is 18.1. The molecule has 25 heavy (non-hydrogen) atoms. The number of para-hydroxylation sites is 1. The zero-order valence-electron chi connectivity index (χ0n) is 13.9. The number of anilines is 1. The smallest absolute Gasteiger partial charge is 0.269 e. The molecule has 0 aromatic heterocycles. The third-order valence-electron chi connectivity index (χ3n) is 4.51. The Kier molecular flexibility index (Phi) is 4.63. The van der Waals surface area contributed by atoms with Gasteiger partial charge in [0, 0.05) is 34.4 Å². The van der Waals surface area contributed by atoms with Gasteiger partial charge in [-0.2, -0.15) is 0 Å². The van der Waals surface area contributed by atoms with Gasteiger partial charge in [-0.1, -0.05) is 30.7 Å². The summed E-state index contributed by atoms with van der Waals surface area (Å²) in [5.74, 6) is -0.115. The Hall–Kier alpha value is -2.60. The van der Waals surface area contributed by atoms with Crippen molar-refractivity contribution >= 4 is 28.9 Å². The van der Waals surface area contributed by atoms with Gasteiger partial charge in [-0.3, -0.25) is 14.9 Å². The van der Waals surface area contributed by atoms with Crippen LogP contribution in [0, 0.1) is 10.1 Å². The normalized spacial score (nSPS) is 17.6. The Balaban J connectivity index is 2.14. The molecule has 1 heterocycles. The summed E-state index contributed by atoms with van der Waals surface area (Å²) in [5, 5.41) is 14.8. The van der Waals surface area contributed by atoms with Crippen LogP contribution in [-0.4, -0.2) is 21.8 Å². The molecule has 2 unspecified atom stereocenters. The fraction of sp³-hybridized carbons (Fsp3) is 0.278. The van der Waals surface area contributed by atoms with Crippen molar-refractivity contribution in [2.75, 3.05) is 5.32 Å². The molecule has 6 nitrogen and oxygen atoms in total. The molecular formula is C18H18ClN3O3. The first-order valence-corrected chi connectivity index (χ1v) is 8.44. The number of fused-ring (bicyclic) bond motifs is 1. The molecule has 0 saturated heterocycles. The second kappa shape index (κ2) is 6.72. The maximum Gasteiger partial charge on any atom is 0.269 e. The molecule has 3 rings (SSSR count). The van der Waals surface area contributed by atoms with Gasteiger partial charge in [0.1, 0.15) is 6.17 Å². The molecule has 7 heteroatoms. The van der Waals surface area contributed by atoms with Crippen molar-refractivity contribution in [3.63, 3.8) is 0 Å². The van der Waals surface area contributed by atoms with Crippen molar-refractivity contribution in [2.45, 2.75) is 32.5 Å². The predicted octanol–water partition coefficient (Wildman–Crippen LogP) is 4.61. The minimum absolute atomic E-state index is 0.0587. The van der Waals surface area contributed by atoms with Crippen LogP contribution >= 0.6 is 11.6 Å². The van der Waals surface area contributed by atoms with E-state index in [2.05, 4.69) is 5.32 Å². The Morgan fingerprint density at radius 2 is 2.04 bits per heavy atom. The van der Waals surface area contributed by atoms with Crippen molar-refractivity contribution in [2.24, 2.45) is 0 Å². The number of hydrogen-bond acceptors (Lipinski definition) is 4. The second-order valence-corrected chi connectivity index (χ2v) is 6.43. The van der Waals surface area contributed by atoms with Gasteiger partial charge in [-0.05, 0) is 31.5 Å². The number of non-ortho nitro benzene ring substituents is 1. The van der Waals surface area contributed by atoms with Crippen molar-refractivity contribution in [3.05, 3.63) is 68.7 Å². The molecule has 1 aliphatic heterocycles. The summed E-state index contributed by atoms with van der Waals surface area (Å²) in [6.45, 7) is 3.94. The molecule has 0 aliphatic carbocycles. The summed E-state index contributed by atoms with van der Waals surface area (Å²) in [6, 6.07) is 11.5. The van der Waals surface area contributed by atoms with E-state index in [9.17, 15) is 14.9 Å². The highest BCUT2D eigenvalue weighted by Crippen LogP contribution is 2.38. The first-order valence-electron chi connectivity index (χ1n) is 8.06. The number of nitro benzene ring substituents is 1. The van der Waals surface area contributed by atoms with E-state index in [0.29, 0.717) is 21.8 Å². The molecule has 0 radical (unpaired) electrons. The summed E-state index contributed by atoms with van der Waals surface area (Å²) < 4.78 is 0. The topological polar surface area (TPSA) is 75.5 Å². The van der Waals surface area contributed by atoms with Gasteiger partial charge in [0.15, 0.2) is 0 Å². The van der Waals surface area contributed by atoms with E-state index in [-0.39, 0.29) is 17.6 Å². The molecule has 1 aliphatic rings. The number of benzene rings is 2. The molecule has 130 valence electrons. The number of nitrogens with one attached hydrogen (secondary N) is 1. The van der Waals surface area contributed by atoms with E-state index in [1.54, 1.807) is 11.0 Å². The predicted molar refractivity (Wildman–Crippen MR) is 96.8 cm³/mol. The number of nitro groups is 1. The number of hydrogen-bond donors (Lipinski definition) is 1. The van der Waals surface area contributed by atoms with Gasteiger partial charge >= 0.3 is 0 Å². The summed E-state index contributed by atoms with van der Waals surface area (Å²) in [7, 11) is 0. The molecule has 2 atom stereocenters. The SMILES string of the molecule is CCC(C)N1C(=O)c2ccccc2NC1c1cc([N+](=O)[O-])ccc1Cl. The van der Waals surface area contributed by atoms with Crippen molar-refractivity contribution < 1.29 is 9.72 Å². The number of halogens is 1. The number of amides is 1. The van der Waals surface area contributed by atoms with E-state index in [1.165, 1.54) is 18.2 Å². The molecule has 2 aromatic carbocycles. The molecule has 1 amide bonds. The fourth-order valence-electron chi connectivity index (χ4n) is 3.00. The highest BCUT2D eigenvalue weighted by atomic mass is 35.5. The van der Waals surface area contributed by atoms with E-state index in [4.69, 9.17) is 11.6 Å². The van der Waals surface area contributed by atoms with Gasteiger partial charge < -0.3 is 10.2 Å². The standard InChI is InChI=1S/C18H18ClN3O3/c1-3-11(2)21-17(14-10-12(22(24)25)8-9-15(14)19)20-16-7-5-4-6-13(16)18(21)23/h4-11,17,20H,3H2,1-2H3. The molecule has 0 fully saturated rings. The average Bonchev–Trinajstić information content (AvgIpc) is 2.61. The van der Waals surface area contributed by atoms with Crippen LogP contribution < -0.4 is 5.32 Å². The van der Waals surface area contributed by atoms with Gasteiger partial charge in [0.2, 0.25) is 0 Å². The van der Waals surface area contributed by atoms with Crippen LogP contribution in [-0.2, 0) is 0 Å². The Labute approximate surface area is 150 Å². The molecule has 2 aromatic rings. The van der Waals surface area contributed by atoms with E-state index < -0.39 is 11.1 Å². The minimum Gasteiger partial charge on any atom is -0.361 e. The summed E-state index contributed by atoms with van der Waals surface area (Å²) in [5.41, 5.74) is 1.73. The van der Waals surface area contributed by atoms with Gasteiger partial charge in [-0.15, -0.1) is 0 Å². The first kappa shape index (κ1) is 17.2. The monoisotopic (exact) mass is 359 g/mol. The van der Waals surface area contributed by atoms with Gasteiger partial charge in [-0.25, -0.2) is 0 Å². The average molecular weight is 360 g/mol. The maximum atomic E-state index is 13.0. The van der Waals surface area contributed by atoms with Crippen LogP contribution in [0.25, 0.3) is 0 Å². The van der Waals surface area contributed by atoms with Crippen LogP contribution in [0.4, 0.5) is 11.4 Å². The molecule has 1 N–H and O–H groups in total. The third kappa shape index (κ3) is 3.05. The summed E-state index contributed by atoms with van der Waals surface area (Å²) in [4.78, 5) is 25.4. The summed E-state index contributed by atoms with van der Waals surface area (Å²) in [6.07, 6.45) is 0.184. The highest BCUT2D eigenvalue weighted by molar-refractivity contribution is 6.31. The van der Waals surface area contributed by atoms with Gasteiger partial charge in [0.05, 0.1) is 10.5 Å². The highest BCUT2D eigenvalue weighted by Gasteiger charge is 2.36. The van der Waals surface area contributed by atoms with Crippen molar-refractivity contribution in [1.82, 2.24) is 4.90 Å². The van der Waals surface area contributed by atoms with Crippen LogP contribution in [0.3, 0.4) is 0 Å². The van der Waals surface area contributed by atoms with E-state index >= 15 is 0 Å². The van der Waals surface area contributed by atoms with E-state index in [1.807, 2.05) is 32.0 Å². The molecule has 0 bridgehead atoms. The number of rotatable bonds is 4. The van der Waals surface area contributed by atoms with E-state index in [0.717, 1.165) is 6.42 Å². The van der Waals surface area contributed by atoms with Crippen LogP contribution in [0.1, 0.15) is 42.4 Å². The van der Waals surface area contributed by atoms with Crippen LogP contribution in [0.15, 0.2) is 42.5 Å². The molecular weight excluding hydrogens is 342 g/mol. The lowest BCUT2D eigenvalue weighted by atomic mass is 10.0. The molecule has 0 spiro atoms. The largest absolute Gasteiger partial charge is 0.361 e. The Morgan fingerprint density at radius 3 is 2.72 bits per heavy atom. The lowest BCUT2D eigenvalue weighted by Crippen LogP contribution is -2.47. The second-order valence-electron chi connectivity index (χ2n) is 6.03. The maximum absolute atomic E-state index is 13.0. The van der Waals surface area contributed by atoms with Crippen molar-refractivity contribution in [1.29, 1.82) is 0 Å². The first-order chi connectivity index (χ1) is 11.9. The van der Waals surface area contributed by atoms with Crippen molar-refractivity contribution in [3.8, 4) is 0 Å². The number of nitrogens with zero attached hydrogens (tertiary/aromatic N) is 2. The fourth-order valence-corrected chi connectivity index (χ4v) is 3.22. The number of carbonyl (C=O) groups is 1. The lowest BCUT2D eigenvalue weighted by molar-refractivity contribution is -0.384. The minimum atomic E-state index is -0.565. The Bertz CT molecular complexity index is 840.